The molecular weight excluding hydrogens is 318 g/mol. The lowest BCUT2D eigenvalue weighted by Gasteiger charge is -2.12. The zero-order valence-electron chi connectivity index (χ0n) is 15.0. The Kier molecular flexibility index (Phi) is 5.33. The molecule has 0 spiro atoms. The van der Waals surface area contributed by atoms with E-state index in [0.29, 0.717) is 18.7 Å². The molecular formula is C18H25N5O2. The molecule has 25 heavy (non-hydrogen) atoms. The Bertz CT molecular complexity index is 826. The number of fused-ring (bicyclic) bond motifs is 1. The monoisotopic (exact) mass is 343 g/mol. The minimum absolute atomic E-state index is 0.529. The fourth-order valence-corrected chi connectivity index (χ4v) is 2.91. The van der Waals surface area contributed by atoms with Crippen LogP contribution in [-0.2, 0) is 13.0 Å². The van der Waals surface area contributed by atoms with E-state index in [2.05, 4.69) is 34.2 Å². The van der Waals surface area contributed by atoms with Crippen molar-refractivity contribution in [1.29, 1.82) is 0 Å². The SMILES string of the molecule is CCCc1nc(NCC[C@@H](O)c2ccco2)c2c(n1)c(C)nn2CC. The molecule has 0 aliphatic carbocycles. The molecule has 0 fully saturated rings. The van der Waals surface area contributed by atoms with Crippen LogP contribution in [0.25, 0.3) is 11.0 Å². The molecule has 0 saturated carbocycles. The number of aliphatic hydroxyl groups excluding tert-OH is 1. The number of aromatic nitrogens is 4. The zero-order valence-corrected chi connectivity index (χ0v) is 15.0. The van der Waals surface area contributed by atoms with E-state index in [1.54, 1.807) is 18.4 Å². The van der Waals surface area contributed by atoms with Gasteiger partial charge in [-0.2, -0.15) is 5.10 Å². The van der Waals surface area contributed by atoms with Crippen molar-refractivity contribution in [2.45, 2.75) is 52.7 Å². The van der Waals surface area contributed by atoms with Crippen LogP contribution < -0.4 is 5.32 Å². The molecule has 3 heterocycles. The second kappa shape index (κ2) is 7.65. The van der Waals surface area contributed by atoms with Crippen molar-refractivity contribution in [2.75, 3.05) is 11.9 Å². The lowest BCUT2D eigenvalue weighted by atomic mass is 10.2. The van der Waals surface area contributed by atoms with Crippen LogP contribution in [0.4, 0.5) is 5.82 Å². The molecule has 0 bridgehead atoms. The van der Waals surface area contributed by atoms with E-state index >= 15 is 0 Å². The second-order valence-electron chi connectivity index (χ2n) is 6.08. The molecule has 0 unspecified atom stereocenters. The largest absolute Gasteiger partial charge is 0.467 e. The van der Waals surface area contributed by atoms with Crippen molar-refractivity contribution < 1.29 is 9.52 Å². The van der Waals surface area contributed by atoms with Crippen molar-refractivity contribution in [3.8, 4) is 0 Å². The Balaban J connectivity index is 1.83. The maximum absolute atomic E-state index is 10.2. The van der Waals surface area contributed by atoms with E-state index in [4.69, 9.17) is 4.42 Å². The van der Waals surface area contributed by atoms with Crippen LogP contribution in [0.5, 0.6) is 0 Å². The number of nitrogens with zero attached hydrogens (tertiary/aromatic N) is 4. The number of aliphatic hydroxyl groups is 1. The van der Waals surface area contributed by atoms with Gasteiger partial charge in [-0.1, -0.05) is 6.92 Å². The number of aryl methyl sites for hydroxylation is 3. The summed E-state index contributed by atoms with van der Waals surface area (Å²) in [6, 6.07) is 3.56. The van der Waals surface area contributed by atoms with Gasteiger partial charge in [0.15, 0.2) is 5.82 Å². The smallest absolute Gasteiger partial charge is 0.156 e. The number of furan rings is 1. The lowest BCUT2D eigenvalue weighted by molar-refractivity contribution is 0.144. The van der Waals surface area contributed by atoms with E-state index in [-0.39, 0.29) is 0 Å². The fourth-order valence-electron chi connectivity index (χ4n) is 2.91. The van der Waals surface area contributed by atoms with E-state index < -0.39 is 6.10 Å². The maximum Gasteiger partial charge on any atom is 0.156 e. The molecule has 7 nitrogen and oxygen atoms in total. The number of rotatable bonds is 8. The fraction of sp³-hybridized carbons (Fsp3) is 0.500. The molecule has 7 heteroatoms. The Morgan fingerprint density at radius 3 is 2.84 bits per heavy atom. The Labute approximate surface area is 147 Å². The molecule has 0 aromatic carbocycles. The highest BCUT2D eigenvalue weighted by atomic mass is 16.4. The summed E-state index contributed by atoms with van der Waals surface area (Å²) in [5.41, 5.74) is 2.73. The predicted octanol–water partition coefficient (Wildman–Crippen LogP) is 3.24. The molecule has 1 atom stereocenters. The minimum atomic E-state index is -0.632. The molecule has 0 saturated heterocycles. The molecule has 3 aromatic heterocycles. The quantitative estimate of drug-likeness (QED) is 0.653. The summed E-state index contributed by atoms with van der Waals surface area (Å²) in [5.74, 6) is 2.18. The predicted molar refractivity (Wildman–Crippen MR) is 96.5 cm³/mol. The summed E-state index contributed by atoms with van der Waals surface area (Å²) in [5, 5.41) is 18.1. The first-order valence-corrected chi connectivity index (χ1v) is 8.83. The van der Waals surface area contributed by atoms with Gasteiger partial charge in [0.1, 0.15) is 28.7 Å². The van der Waals surface area contributed by atoms with Gasteiger partial charge in [-0.15, -0.1) is 0 Å². The van der Waals surface area contributed by atoms with Gasteiger partial charge in [0, 0.05) is 19.5 Å². The first-order valence-electron chi connectivity index (χ1n) is 8.83. The molecule has 3 rings (SSSR count). The van der Waals surface area contributed by atoms with E-state index in [0.717, 1.165) is 47.8 Å². The molecule has 0 aliphatic heterocycles. The van der Waals surface area contributed by atoms with E-state index in [1.807, 2.05) is 11.6 Å². The van der Waals surface area contributed by atoms with Gasteiger partial charge >= 0.3 is 0 Å². The summed E-state index contributed by atoms with van der Waals surface area (Å²) >= 11 is 0. The summed E-state index contributed by atoms with van der Waals surface area (Å²) in [6.45, 7) is 7.47. The van der Waals surface area contributed by atoms with Gasteiger partial charge < -0.3 is 14.8 Å². The highest BCUT2D eigenvalue weighted by Crippen LogP contribution is 2.24. The van der Waals surface area contributed by atoms with Gasteiger partial charge in [0.2, 0.25) is 0 Å². The number of hydrogen-bond acceptors (Lipinski definition) is 6. The minimum Gasteiger partial charge on any atom is -0.467 e. The van der Waals surface area contributed by atoms with Crippen LogP contribution >= 0.6 is 0 Å². The number of nitrogens with one attached hydrogen (secondary N) is 1. The van der Waals surface area contributed by atoms with Crippen molar-refractivity contribution in [2.24, 2.45) is 0 Å². The molecule has 3 aromatic rings. The van der Waals surface area contributed by atoms with Crippen LogP contribution in [-0.4, -0.2) is 31.4 Å². The van der Waals surface area contributed by atoms with Gasteiger partial charge in [0.25, 0.3) is 0 Å². The summed E-state index contributed by atoms with van der Waals surface area (Å²) in [6.07, 6.45) is 3.29. The van der Waals surface area contributed by atoms with Crippen molar-refractivity contribution in [3.63, 3.8) is 0 Å². The summed E-state index contributed by atoms with van der Waals surface area (Å²) in [4.78, 5) is 9.36. The van der Waals surface area contributed by atoms with Crippen LogP contribution in [0.15, 0.2) is 22.8 Å². The first kappa shape index (κ1) is 17.4. The first-order chi connectivity index (χ1) is 12.1. The van der Waals surface area contributed by atoms with Gasteiger partial charge in [-0.25, -0.2) is 9.97 Å². The molecule has 0 aliphatic rings. The highest BCUT2D eigenvalue weighted by molar-refractivity contribution is 5.87. The third-order valence-corrected chi connectivity index (χ3v) is 4.16. The zero-order chi connectivity index (χ0) is 17.8. The molecule has 134 valence electrons. The van der Waals surface area contributed by atoms with Crippen molar-refractivity contribution in [1.82, 2.24) is 19.7 Å². The molecule has 0 amide bonds. The van der Waals surface area contributed by atoms with Gasteiger partial charge in [0.05, 0.1) is 12.0 Å². The average Bonchev–Trinajstić information content (AvgIpc) is 3.24. The lowest BCUT2D eigenvalue weighted by Crippen LogP contribution is -2.11. The second-order valence-corrected chi connectivity index (χ2v) is 6.08. The van der Waals surface area contributed by atoms with Crippen LogP contribution in [0.3, 0.4) is 0 Å². The van der Waals surface area contributed by atoms with Crippen molar-refractivity contribution in [3.05, 3.63) is 35.7 Å². The van der Waals surface area contributed by atoms with Crippen LogP contribution in [0.1, 0.15) is 50.1 Å². The Morgan fingerprint density at radius 2 is 2.16 bits per heavy atom. The average molecular weight is 343 g/mol. The third-order valence-electron chi connectivity index (χ3n) is 4.16. The highest BCUT2D eigenvalue weighted by Gasteiger charge is 2.16. The molecule has 0 radical (unpaired) electrons. The normalized spacial score (nSPS) is 12.6. The van der Waals surface area contributed by atoms with E-state index in [1.165, 1.54) is 0 Å². The van der Waals surface area contributed by atoms with Gasteiger partial charge in [-0.3, -0.25) is 4.68 Å². The van der Waals surface area contributed by atoms with E-state index in [9.17, 15) is 5.11 Å². The summed E-state index contributed by atoms with van der Waals surface area (Å²) < 4.78 is 7.16. The standard InChI is InChI=1S/C18H25N5O2/c1-4-7-15-20-16-12(3)22-23(5-2)17(16)18(21-15)19-10-9-13(24)14-8-6-11-25-14/h6,8,11,13,24H,4-5,7,9-10H2,1-3H3,(H,19,20,21)/t13-/m1/s1. The Morgan fingerprint density at radius 1 is 1.32 bits per heavy atom. The van der Waals surface area contributed by atoms with Crippen molar-refractivity contribution >= 4 is 16.9 Å². The number of anilines is 1. The Hall–Kier alpha value is -2.41. The summed E-state index contributed by atoms with van der Waals surface area (Å²) in [7, 11) is 0. The number of hydrogen-bond donors (Lipinski definition) is 2. The maximum atomic E-state index is 10.2. The molecule has 2 N–H and O–H groups in total. The third kappa shape index (κ3) is 3.66. The topological polar surface area (TPSA) is 89.0 Å². The van der Waals surface area contributed by atoms with Crippen LogP contribution in [0.2, 0.25) is 0 Å². The van der Waals surface area contributed by atoms with Gasteiger partial charge in [-0.05, 0) is 38.8 Å². The van der Waals surface area contributed by atoms with Crippen LogP contribution in [0, 0.1) is 6.92 Å².